The van der Waals surface area contributed by atoms with E-state index in [0.29, 0.717) is 0 Å². The maximum atomic E-state index is 5.72. The Morgan fingerprint density at radius 2 is 1.36 bits per heavy atom. The van der Waals surface area contributed by atoms with Gasteiger partial charge in [0.25, 0.3) is 0 Å². The third kappa shape index (κ3) is 2.20. The van der Waals surface area contributed by atoms with Crippen LogP contribution in [0.1, 0.15) is 0 Å². The van der Waals surface area contributed by atoms with Gasteiger partial charge < -0.3 is 11.1 Å². The molecule has 0 bridgehead atoms. The van der Waals surface area contributed by atoms with Crippen LogP contribution < -0.4 is 11.1 Å². The maximum Gasteiger partial charge on any atom is 0.113 e. The average molecular weight is 286 g/mol. The van der Waals surface area contributed by atoms with Crippen LogP contribution in [-0.2, 0) is 0 Å². The van der Waals surface area contributed by atoms with Crippen LogP contribution in [0, 0.1) is 0 Å². The van der Waals surface area contributed by atoms with E-state index in [4.69, 9.17) is 10.7 Å². The minimum atomic E-state index is 0.745. The van der Waals surface area contributed by atoms with E-state index in [1.807, 2.05) is 66.7 Å². The molecular formula is C18H14N4. The number of nitrogens with two attached hydrogens (primary N) is 1. The number of hydrogen-bond donors (Lipinski definition) is 2. The molecule has 0 aliphatic rings. The van der Waals surface area contributed by atoms with E-state index >= 15 is 0 Å². The van der Waals surface area contributed by atoms with Gasteiger partial charge in [0.15, 0.2) is 0 Å². The summed E-state index contributed by atoms with van der Waals surface area (Å²) in [7, 11) is 0. The van der Waals surface area contributed by atoms with Crippen molar-refractivity contribution in [3.8, 4) is 0 Å². The highest BCUT2D eigenvalue weighted by molar-refractivity contribution is 5.94. The van der Waals surface area contributed by atoms with Gasteiger partial charge >= 0.3 is 0 Å². The van der Waals surface area contributed by atoms with E-state index in [1.54, 1.807) is 0 Å². The quantitative estimate of drug-likeness (QED) is 0.430. The lowest BCUT2D eigenvalue weighted by atomic mass is 10.2. The lowest BCUT2D eigenvalue weighted by molar-refractivity contribution is 1.39. The topological polar surface area (TPSA) is 63.8 Å². The fourth-order valence-corrected chi connectivity index (χ4v) is 2.47. The summed E-state index contributed by atoms with van der Waals surface area (Å²) < 4.78 is 0. The minimum Gasteiger partial charge on any atom is -0.399 e. The van der Waals surface area contributed by atoms with Gasteiger partial charge in [0.1, 0.15) is 5.52 Å². The second-order valence-electron chi connectivity index (χ2n) is 5.13. The Bertz CT molecular complexity index is 961. The summed E-state index contributed by atoms with van der Waals surface area (Å²) in [6.07, 6.45) is 0. The van der Waals surface area contributed by atoms with Gasteiger partial charge in [0.2, 0.25) is 0 Å². The van der Waals surface area contributed by atoms with E-state index in [0.717, 1.165) is 39.1 Å². The Balaban J connectivity index is 1.86. The highest BCUT2D eigenvalue weighted by atomic mass is 14.9. The molecule has 0 spiro atoms. The molecule has 4 aromatic rings. The van der Waals surface area contributed by atoms with Crippen LogP contribution in [-0.4, -0.2) is 9.97 Å². The smallest absolute Gasteiger partial charge is 0.113 e. The summed E-state index contributed by atoms with van der Waals surface area (Å²) in [6.45, 7) is 0. The second-order valence-corrected chi connectivity index (χ2v) is 5.13. The molecular weight excluding hydrogens is 272 g/mol. The van der Waals surface area contributed by atoms with Gasteiger partial charge in [-0.2, -0.15) is 0 Å². The average Bonchev–Trinajstić information content (AvgIpc) is 2.55. The van der Waals surface area contributed by atoms with E-state index in [1.165, 1.54) is 0 Å². The number of fused-ring (bicyclic) bond motifs is 2. The maximum absolute atomic E-state index is 5.72. The number of nitrogen functional groups attached to an aromatic ring is 1. The Morgan fingerprint density at radius 1 is 0.682 bits per heavy atom. The standard InChI is InChI=1S/C18H14N4/c19-12-8-10-13(11-9-12)20-16-6-3-7-17-18(16)22-15-5-2-1-4-14(15)21-17/h1-11,20H,19H2. The van der Waals surface area contributed by atoms with Crippen LogP contribution >= 0.6 is 0 Å². The highest BCUT2D eigenvalue weighted by Crippen LogP contribution is 2.26. The molecule has 0 aliphatic heterocycles. The predicted molar refractivity (Wildman–Crippen MR) is 91.2 cm³/mol. The fraction of sp³-hybridized carbons (Fsp3) is 0. The summed E-state index contributed by atoms with van der Waals surface area (Å²) in [6, 6.07) is 21.5. The van der Waals surface area contributed by atoms with Gasteiger partial charge in [0, 0.05) is 11.4 Å². The lowest BCUT2D eigenvalue weighted by Gasteiger charge is -2.10. The molecule has 0 unspecified atom stereocenters. The molecule has 22 heavy (non-hydrogen) atoms. The van der Waals surface area contributed by atoms with Crippen molar-refractivity contribution in [3.63, 3.8) is 0 Å². The Hall–Kier alpha value is -3.14. The van der Waals surface area contributed by atoms with Crippen LogP contribution in [0.25, 0.3) is 22.1 Å². The molecule has 0 aliphatic carbocycles. The molecule has 3 aromatic carbocycles. The zero-order chi connectivity index (χ0) is 14.9. The van der Waals surface area contributed by atoms with E-state index in [9.17, 15) is 0 Å². The summed E-state index contributed by atoms with van der Waals surface area (Å²) in [5, 5.41) is 3.38. The number of aromatic nitrogens is 2. The van der Waals surface area contributed by atoms with Crippen molar-refractivity contribution < 1.29 is 0 Å². The first-order chi connectivity index (χ1) is 10.8. The SMILES string of the molecule is Nc1ccc(Nc2cccc3nc4ccccc4nc23)cc1. The predicted octanol–water partition coefficient (Wildman–Crippen LogP) is 4.11. The fourth-order valence-electron chi connectivity index (χ4n) is 2.47. The molecule has 106 valence electrons. The van der Waals surface area contributed by atoms with Crippen LogP contribution in [0.15, 0.2) is 66.7 Å². The Morgan fingerprint density at radius 3 is 2.14 bits per heavy atom. The first-order valence-corrected chi connectivity index (χ1v) is 7.08. The molecule has 0 radical (unpaired) electrons. The van der Waals surface area contributed by atoms with Crippen molar-refractivity contribution in [2.24, 2.45) is 0 Å². The molecule has 4 heteroatoms. The molecule has 0 saturated carbocycles. The molecule has 3 N–H and O–H groups in total. The second kappa shape index (κ2) is 5.00. The van der Waals surface area contributed by atoms with Crippen molar-refractivity contribution in [2.75, 3.05) is 11.1 Å². The molecule has 4 rings (SSSR count). The molecule has 1 aromatic heterocycles. The van der Waals surface area contributed by atoms with Crippen molar-refractivity contribution in [1.82, 2.24) is 9.97 Å². The van der Waals surface area contributed by atoms with E-state index in [2.05, 4.69) is 10.3 Å². The van der Waals surface area contributed by atoms with Gasteiger partial charge in [-0.25, -0.2) is 9.97 Å². The molecule has 4 nitrogen and oxygen atoms in total. The minimum absolute atomic E-state index is 0.745. The highest BCUT2D eigenvalue weighted by Gasteiger charge is 2.06. The third-order valence-electron chi connectivity index (χ3n) is 3.56. The van der Waals surface area contributed by atoms with Crippen LogP contribution in [0.5, 0.6) is 0 Å². The Labute approximate surface area is 127 Å². The summed E-state index contributed by atoms with van der Waals surface area (Å²) in [5.74, 6) is 0. The monoisotopic (exact) mass is 286 g/mol. The molecule has 0 amide bonds. The molecule has 0 fully saturated rings. The largest absolute Gasteiger partial charge is 0.399 e. The molecule has 0 saturated heterocycles. The number of nitrogens with zero attached hydrogens (tertiary/aromatic N) is 2. The van der Waals surface area contributed by atoms with Crippen molar-refractivity contribution in [1.29, 1.82) is 0 Å². The summed E-state index contributed by atoms with van der Waals surface area (Å²) in [4.78, 5) is 9.41. The first-order valence-electron chi connectivity index (χ1n) is 7.08. The van der Waals surface area contributed by atoms with Gasteiger partial charge in [0.05, 0.1) is 22.2 Å². The van der Waals surface area contributed by atoms with Crippen LogP contribution in [0.3, 0.4) is 0 Å². The first kappa shape index (κ1) is 12.6. The summed E-state index contributed by atoms with van der Waals surface area (Å²) >= 11 is 0. The summed E-state index contributed by atoms with van der Waals surface area (Å²) in [5.41, 5.74) is 11.9. The number of rotatable bonds is 2. The number of anilines is 3. The van der Waals surface area contributed by atoms with Gasteiger partial charge in [-0.15, -0.1) is 0 Å². The van der Waals surface area contributed by atoms with Crippen molar-refractivity contribution in [3.05, 3.63) is 66.7 Å². The molecule has 0 atom stereocenters. The lowest BCUT2D eigenvalue weighted by Crippen LogP contribution is -1.95. The third-order valence-corrected chi connectivity index (χ3v) is 3.56. The van der Waals surface area contributed by atoms with Gasteiger partial charge in [-0.1, -0.05) is 18.2 Å². The van der Waals surface area contributed by atoms with Crippen molar-refractivity contribution in [2.45, 2.75) is 0 Å². The number of benzene rings is 3. The number of hydrogen-bond acceptors (Lipinski definition) is 4. The number of nitrogens with one attached hydrogen (secondary N) is 1. The van der Waals surface area contributed by atoms with Crippen LogP contribution in [0.4, 0.5) is 17.1 Å². The van der Waals surface area contributed by atoms with E-state index < -0.39 is 0 Å². The number of para-hydroxylation sites is 3. The zero-order valence-corrected chi connectivity index (χ0v) is 11.8. The van der Waals surface area contributed by atoms with E-state index in [-0.39, 0.29) is 0 Å². The normalized spacial score (nSPS) is 10.9. The Kier molecular flexibility index (Phi) is 2.86. The van der Waals surface area contributed by atoms with Crippen LogP contribution in [0.2, 0.25) is 0 Å². The van der Waals surface area contributed by atoms with Gasteiger partial charge in [-0.05, 0) is 48.5 Å². The van der Waals surface area contributed by atoms with Gasteiger partial charge in [-0.3, -0.25) is 0 Å². The van der Waals surface area contributed by atoms with Crippen molar-refractivity contribution >= 4 is 39.1 Å². The zero-order valence-electron chi connectivity index (χ0n) is 11.8. The molecule has 1 heterocycles.